The van der Waals surface area contributed by atoms with Gasteiger partial charge in [0.1, 0.15) is 0 Å². The molecule has 1 fully saturated rings. The number of rotatable bonds is 7. The molecule has 3 aromatic carbocycles. The lowest BCUT2D eigenvalue weighted by molar-refractivity contribution is -0.384. The molecule has 0 unspecified atom stereocenters. The van der Waals surface area contributed by atoms with Crippen LogP contribution in [-0.4, -0.2) is 28.8 Å². The average molecular weight is 441 g/mol. The van der Waals surface area contributed by atoms with Crippen LogP contribution in [0.1, 0.15) is 29.5 Å². The summed E-state index contributed by atoms with van der Waals surface area (Å²) in [5, 5.41) is 17.6. The molecule has 0 radical (unpaired) electrons. The van der Waals surface area contributed by atoms with Crippen molar-refractivity contribution >= 4 is 34.2 Å². The molecule has 166 valence electrons. The van der Waals surface area contributed by atoms with Crippen molar-refractivity contribution in [3.63, 3.8) is 0 Å². The maximum absolute atomic E-state index is 13.0. The van der Waals surface area contributed by atoms with E-state index in [4.69, 9.17) is 0 Å². The molecule has 7 nitrogen and oxygen atoms in total. The highest BCUT2D eigenvalue weighted by atomic mass is 16.6. The van der Waals surface area contributed by atoms with Crippen LogP contribution in [0.3, 0.4) is 0 Å². The lowest BCUT2D eigenvalue weighted by Gasteiger charge is -2.17. The van der Waals surface area contributed by atoms with E-state index >= 15 is 0 Å². The molecule has 2 aliphatic rings. The number of benzene rings is 3. The third kappa shape index (κ3) is 4.36. The number of amides is 1. The molecular formula is C26H24N4O3. The molecule has 0 saturated heterocycles. The van der Waals surface area contributed by atoms with E-state index in [2.05, 4.69) is 34.7 Å². The standard InChI is InChI=1S/C26H24N4O3/c1-29(20-11-12-20)16-17-7-9-19(10-8-17)27-25(18-5-3-2-4-6-18)24-22-15-21(30(32)33)13-14-23(22)28-26(24)31/h2-10,13-15,20,27H,11-12,16H2,1H3,(H,28,31)/b25-24-. The average Bonchev–Trinajstić information content (AvgIpc) is 3.62. The number of fused-ring (bicyclic) bond motifs is 1. The summed E-state index contributed by atoms with van der Waals surface area (Å²) in [4.78, 5) is 26.2. The zero-order valence-corrected chi connectivity index (χ0v) is 18.2. The quantitative estimate of drug-likeness (QED) is 0.302. The maximum Gasteiger partial charge on any atom is 0.270 e. The van der Waals surface area contributed by atoms with Crippen molar-refractivity contribution in [3.05, 3.63) is 99.6 Å². The molecule has 0 atom stereocenters. The first-order chi connectivity index (χ1) is 16.0. The minimum atomic E-state index is -0.451. The van der Waals surface area contributed by atoms with Gasteiger partial charge in [0.15, 0.2) is 0 Å². The molecule has 0 bridgehead atoms. The third-order valence-corrected chi connectivity index (χ3v) is 6.10. The van der Waals surface area contributed by atoms with Crippen molar-refractivity contribution in [2.45, 2.75) is 25.4 Å². The predicted octanol–water partition coefficient (Wildman–Crippen LogP) is 5.12. The number of carbonyl (C=O) groups is 1. The van der Waals surface area contributed by atoms with E-state index in [1.54, 1.807) is 6.07 Å². The number of hydrogen-bond acceptors (Lipinski definition) is 5. The highest BCUT2D eigenvalue weighted by Crippen LogP contribution is 2.39. The van der Waals surface area contributed by atoms with Gasteiger partial charge in [-0.3, -0.25) is 19.8 Å². The van der Waals surface area contributed by atoms with E-state index in [9.17, 15) is 14.9 Å². The second kappa shape index (κ2) is 8.52. The summed E-state index contributed by atoms with van der Waals surface area (Å²) in [6.45, 7) is 0.900. The van der Waals surface area contributed by atoms with Crippen LogP contribution in [0.5, 0.6) is 0 Å². The Morgan fingerprint density at radius 1 is 1.09 bits per heavy atom. The predicted molar refractivity (Wildman–Crippen MR) is 130 cm³/mol. The van der Waals surface area contributed by atoms with Gasteiger partial charge in [0.05, 0.1) is 16.2 Å². The smallest absolute Gasteiger partial charge is 0.270 e. The first-order valence-corrected chi connectivity index (χ1v) is 11.0. The van der Waals surface area contributed by atoms with Gasteiger partial charge >= 0.3 is 0 Å². The Labute approximate surface area is 191 Å². The van der Waals surface area contributed by atoms with E-state index < -0.39 is 4.92 Å². The lowest BCUT2D eigenvalue weighted by atomic mass is 9.99. The number of non-ortho nitro benzene ring substituents is 1. The van der Waals surface area contributed by atoms with Gasteiger partial charge in [0.2, 0.25) is 0 Å². The SMILES string of the molecule is CN(Cc1ccc(N/C(=C2\C(=O)Nc3ccc([N+](=O)[O-])cc32)c2ccccc2)cc1)C1CC1. The second-order valence-electron chi connectivity index (χ2n) is 8.53. The van der Waals surface area contributed by atoms with Crippen LogP contribution in [0.15, 0.2) is 72.8 Å². The molecule has 1 aliphatic carbocycles. The van der Waals surface area contributed by atoms with E-state index in [0.29, 0.717) is 28.6 Å². The minimum Gasteiger partial charge on any atom is -0.354 e. The number of nitro benzene ring substituents is 1. The Bertz CT molecular complexity index is 1250. The molecule has 1 aliphatic heterocycles. The number of carbonyl (C=O) groups excluding carboxylic acids is 1. The van der Waals surface area contributed by atoms with Crippen molar-refractivity contribution in [1.29, 1.82) is 0 Å². The van der Waals surface area contributed by atoms with Gasteiger partial charge in [-0.15, -0.1) is 0 Å². The van der Waals surface area contributed by atoms with Crippen LogP contribution in [0.4, 0.5) is 17.1 Å². The van der Waals surface area contributed by atoms with E-state index in [-0.39, 0.29) is 11.6 Å². The van der Waals surface area contributed by atoms with Crippen LogP contribution in [0.25, 0.3) is 11.3 Å². The normalized spacial score (nSPS) is 16.4. The van der Waals surface area contributed by atoms with Crippen molar-refractivity contribution in [1.82, 2.24) is 4.90 Å². The van der Waals surface area contributed by atoms with E-state index in [1.165, 1.54) is 30.5 Å². The molecule has 1 heterocycles. The van der Waals surface area contributed by atoms with Crippen molar-refractivity contribution in [2.75, 3.05) is 17.7 Å². The van der Waals surface area contributed by atoms with E-state index in [0.717, 1.165) is 17.8 Å². The van der Waals surface area contributed by atoms with Crippen molar-refractivity contribution in [3.8, 4) is 0 Å². The van der Waals surface area contributed by atoms with Gasteiger partial charge in [-0.1, -0.05) is 42.5 Å². The number of hydrogen-bond donors (Lipinski definition) is 2. The summed E-state index contributed by atoms with van der Waals surface area (Å²) in [5.74, 6) is -0.292. The number of nitro groups is 1. The molecule has 2 N–H and O–H groups in total. The third-order valence-electron chi connectivity index (χ3n) is 6.10. The Morgan fingerprint density at radius 3 is 2.48 bits per heavy atom. The summed E-state index contributed by atoms with van der Waals surface area (Å²) in [5.41, 5.74) is 4.90. The van der Waals surface area contributed by atoms with Crippen LogP contribution < -0.4 is 10.6 Å². The summed E-state index contributed by atoms with van der Waals surface area (Å²) in [6, 6.07) is 22.8. The van der Waals surface area contributed by atoms with E-state index in [1.807, 2.05) is 42.5 Å². The van der Waals surface area contributed by atoms with Gasteiger partial charge in [0, 0.05) is 41.7 Å². The first kappa shape index (κ1) is 20.9. The fourth-order valence-electron chi connectivity index (χ4n) is 4.17. The Balaban J connectivity index is 1.53. The van der Waals surface area contributed by atoms with Gasteiger partial charge in [-0.25, -0.2) is 0 Å². The first-order valence-electron chi connectivity index (χ1n) is 11.0. The van der Waals surface area contributed by atoms with Crippen molar-refractivity contribution in [2.24, 2.45) is 0 Å². The molecule has 3 aromatic rings. The summed E-state index contributed by atoms with van der Waals surface area (Å²) < 4.78 is 0. The largest absolute Gasteiger partial charge is 0.354 e. The number of nitrogens with one attached hydrogen (secondary N) is 2. The van der Waals surface area contributed by atoms with Gasteiger partial charge in [0.25, 0.3) is 11.6 Å². The Kier molecular flexibility index (Phi) is 5.40. The lowest BCUT2D eigenvalue weighted by Crippen LogP contribution is -2.19. The number of anilines is 2. The highest BCUT2D eigenvalue weighted by molar-refractivity contribution is 6.37. The molecule has 1 saturated carbocycles. The van der Waals surface area contributed by atoms with Crippen molar-refractivity contribution < 1.29 is 9.72 Å². The molecule has 0 spiro atoms. The molecule has 5 rings (SSSR count). The van der Waals surface area contributed by atoms with Gasteiger partial charge in [-0.2, -0.15) is 0 Å². The summed E-state index contributed by atoms with van der Waals surface area (Å²) in [7, 11) is 2.15. The minimum absolute atomic E-state index is 0.0562. The van der Waals surface area contributed by atoms with Gasteiger partial charge in [-0.05, 0) is 49.2 Å². The maximum atomic E-state index is 13.0. The number of nitrogens with zero attached hydrogens (tertiary/aromatic N) is 2. The molecular weight excluding hydrogens is 416 g/mol. The summed E-state index contributed by atoms with van der Waals surface area (Å²) >= 11 is 0. The zero-order chi connectivity index (χ0) is 22.9. The molecule has 0 aromatic heterocycles. The second-order valence-corrected chi connectivity index (χ2v) is 8.53. The molecule has 33 heavy (non-hydrogen) atoms. The highest BCUT2D eigenvalue weighted by Gasteiger charge is 2.30. The molecule has 7 heteroatoms. The zero-order valence-electron chi connectivity index (χ0n) is 18.2. The fourth-order valence-corrected chi connectivity index (χ4v) is 4.17. The monoisotopic (exact) mass is 440 g/mol. The van der Waals surface area contributed by atoms with Crippen LogP contribution in [0.2, 0.25) is 0 Å². The Hall–Kier alpha value is -3.97. The summed E-state index contributed by atoms with van der Waals surface area (Å²) in [6.07, 6.45) is 2.54. The van der Waals surface area contributed by atoms with Crippen LogP contribution >= 0.6 is 0 Å². The van der Waals surface area contributed by atoms with Crippen LogP contribution in [0, 0.1) is 10.1 Å². The van der Waals surface area contributed by atoms with Gasteiger partial charge < -0.3 is 10.6 Å². The Morgan fingerprint density at radius 2 is 1.82 bits per heavy atom. The van der Waals surface area contributed by atoms with Crippen LogP contribution in [-0.2, 0) is 11.3 Å². The molecule has 1 amide bonds. The fraction of sp³-hybridized carbons (Fsp3) is 0.192. The topological polar surface area (TPSA) is 87.5 Å².